The van der Waals surface area contributed by atoms with E-state index in [0.717, 1.165) is 28.2 Å². The highest BCUT2D eigenvalue weighted by Crippen LogP contribution is 2.30. The summed E-state index contributed by atoms with van der Waals surface area (Å²) < 4.78 is 0. The second-order valence-corrected chi connectivity index (χ2v) is 5.43. The third-order valence-electron chi connectivity index (χ3n) is 3.51. The summed E-state index contributed by atoms with van der Waals surface area (Å²) in [5, 5.41) is 3.84. The largest absolute Gasteiger partial charge is 0.373 e. The van der Waals surface area contributed by atoms with Gasteiger partial charge in [0.05, 0.1) is 5.69 Å². The molecule has 0 saturated heterocycles. The predicted octanol–water partition coefficient (Wildman–Crippen LogP) is 4.81. The smallest absolute Gasteiger partial charge is 0.162 e. The van der Waals surface area contributed by atoms with Crippen molar-refractivity contribution >= 4 is 17.4 Å². The van der Waals surface area contributed by atoms with Crippen molar-refractivity contribution in [1.29, 1.82) is 0 Å². The second kappa shape index (κ2) is 6.16. The van der Waals surface area contributed by atoms with Gasteiger partial charge in [-0.15, -0.1) is 0 Å². The number of hydrogen-bond donors (Lipinski definition) is 1. The van der Waals surface area contributed by atoms with Gasteiger partial charge in [-0.1, -0.05) is 54.1 Å². The third-order valence-corrected chi connectivity index (χ3v) is 3.75. The van der Waals surface area contributed by atoms with Gasteiger partial charge in [0, 0.05) is 28.8 Å². The SMILES string of the molecule is CNc1nc(-c2ccccc2)nc(-c2cccc(Cl)c2)c1C. The second-order valence-electron chi connectivity index (χ2n) is 5.00. The van der Waals surface area contributed by atoms with Crippen LogP contribution >= 0.6 is 11.6 Å². The number of rotatable bonds is 3. The molecule has 110 valence electrons. The Morgan fingerprint density at radius 1 is 0.909 bits per heavy atom. The minimum atomic E-state index is 0.697. The molecule has 0 aliphatic heterocycles. The van der Waals surface area contributed by atoms with Crippen LogP contribution in [0.2, 0.25) is 5.02 Å². The van der Waals surface area contributed by atoms with Crippen LogP contribution in [0.25, 0.3) is 22.6 Å². The van der Waals surface area contributed by atoms with Crippen LogP contribution in [0.5, 0.6) is 0 Å². The minimum Gasteiger partial charge on any atom is -0.373 e. The number of anilines is 1. The molecule has 0 saturated carbocycles. The van der Waals surface area contributed by atoms with Crippen molar-refractivity contribution in [3.05, 3.63) is 65.2 Å². The maximum absolute atomic E-state index is 6.12. The van der Waals surface area contributed by atoms with Crippen molar-refractivity contribution in [2.24, 2.45) is 0 Å². The molecule has 4 heteroatoms. The van der Waals surface area contributed by atoms with Crippen LogP contribution < -0.4 is 5.32 Å². The van der Waals surface area contributed by atoms with Crippen LogP contribution in [-0.2, 0) is 0 Å². The molecule has 0 atom stereocenters. The summed E-state index contributed by atoms with van der Waals surface area (Å²) in [5.74, 6) is 1.52. The van der Waals surface area contributed by atoms with E-state index in [1.165, 1.54) is 0 Å². The number of aromatic nitrogens is 2. The molecule has 0 fully saturated rings. The van der Waals surface area contributed by atoms with Crippen molar-refractivity contribution in [3.63, 3.8) is 0 Å². The van der Waals surface area contributed by atoms with E-state index in [1.54, 1.807) is 0 Å². The van der Waals surface area contributed by atoms with Crippen molar-refractivity contribution in [1.82, 2.24) is 9.97 Å². The zero-order valence-electron chi connectivity index (χ0n) is 12.5. The van der Waals surface area contributed by atoms with E-state index in [4.69, 9.17) is 16.6 Å². The zero-order chi connectivity index (χ0) is 15.5. The Balaban J connectivity index is 2.21. The van der Waals surface area contributed by atoms with E-state index in [-0.39, 0.29) is 0 Å². The first-order valence-electron chi connectivity index (χ1n) is 7.07. The first kappa shape index (κ1) is 14.5. The highest BCUT2D eigenvalue weighted by molar-refractivity contribution is 6.30. The summed E-state index contributed by atoms with van der Waals surface area (Å²) in [4.78, 5) is 9.37. The quantitative estimate of drug-likeness (QED) is 0.754. The molecule has 0 aliphatic carbocycles. The van der Waals surface area contributed by atoms with Gasteiger partial charge in [0.1, 0.15) is 5.82 Å². The van der Waals surface area contributed by atoms with Gasteiger partial charge < -0.3 is 5.32 Å². The first-order chi connectivity index (χ1) is 10.7. The van der Waals surface area contributed by atoms with Gasteiger partial charge in [0.25, 0.3) is 0 Å². The molecule has 3 aromatic rings. The molecule has 0 radical (unpaired) electrons. The predicted molar refractivity (Wildman–Crippen MR) is 92.2 cm³/mol. The molecular weight excluding hydrogens is 294 g/mol. The van der Waals surface area contributed by atoms with Crippen molar-refractivity contribution in [2.45, 2.75) is 6.92 Å². The lowest BCUT2D eigenvalue weighted by atomic mass is 10.1. The lowest BCUT2D eigenvalue weighted by Gasteiger charge is -2.13. The van der Waals surface area contributed by atoms with Gasteiger partial charge in [0.15, 0.2) is 5.82 Å². The molecule has 0 aliphatic rings. The Morgan fingerprint density at radius 3 is 2.32 bits per heavy atom. The van der Waals surface area contributed by atoms with E-state index >= 15 is 0 Å². The van der Waals surface area contributed by atoms with Crippen molar-refractivity contribution in [3.8, 4) is 22.6 Å². The fourth-order valence-corrected chi connectivity index (χ4v) is 2.58. The Labute approximate surface area is 135 Å². The fraction of sp³-hybridized carbons (Fsp3) is 0.111. The number of hydrogen-bond acceptors (Lipinski definition) is 3. The van der Waals surface area contributed by atoms with Crippen LogP contribution in [0.3, 0.4) is 0 Å². The Morgan fingerprint density at radius 2 is 1.64 bits per heavy atom. The summed E-state index contributed by atoms with van der Waals surface area (Å²) in [7, 11) is 1.87. The molecule has 3 rings (SSSR count). The van der Waals surface area contributed by atoms with Gasteiger partial charge >= 0.3 is 0 Å². The monoisotopic (exact) mass is 309 g/mol. The average Bonchev–Trinajstić information content (AvgIpc) is 2.56. The lowest BCUT2D eigenvalue weighted by molar-refractivity contribution is 1.13. The first-order valence-corrected chi connectivity index (χ1v) is 7.44. The summed E-state index contributed by atoms with van der Waals surface area (Å²) in [6, 6.07) is 17.7. The molecule has 2 aromatic carbocycles. The maximum atomic E-state index is 6.12. The molecule has 0 amide bonds. The third kappa shape index (κ3) is 2.81. The minimum absolute atomic E-state index is 0.697. The van der Waals surface area contributed by atoms with E-state index < -0.39 is 0 Å². The Kier molecular flexibility index (Phi) is 4.07. The highest BCUT2D eigenvalue weighted by Gasteiger charge is 2.13. The van der Waals surface area contributed by atoms with Gasteiger partial charge in [-0.3, -0.25) is 0 Å². The number of halogens is 1. The summed E-state index contributed by atoms with van der Waals surface area (Å²) in [6.07, 6.45) is 0. The number of benzene rings is 2. The lowest BCUT2D eigenvalue weighted by Crippen LogP contribution is -2.03. The van der Waals surface area contributed by atoms with Crippen LogP contribution in [0.1, 0.15) is 5.56 Å². The molecular formula is C18H16ClN3. The van der Waals surface area contributed by atoms with Gasteiger partial charge in [-0.05, 0) is 19.1 Å². The van der Waals surface area contributed by atoms with Crippen LogP contribution in [-0.4, -0.2) is 17.0 Å². The molecule has 0 spiro atoms. The normalized spacial score (nSPS) is 10.5. The summed E-state index contributed by atoms with van der Waals surface area (Å²) in [5.41, 5.74) is 3.87. The molecule has 22 heavy (non-hydrogen) atoms. The topological polar surface area (TPSA) is 37.8 Å². The molecule has 1 aromatic heterocycles. The van der Waals surface area contributed by atoms with Crippen molar-refractivity contribution in [2.75, 3.05) is 12.4 Å². The number of nitrogens with zero attached hydrogens (tertiary/aromatic N) is 2. The molecule has 1 heterocycles. The van der Waals surface area contributed by atoms with E-state index in [9.17, 15) is 0 Å². The zero-order valence-corrected chi connectivity index (χ0v) is 13.2. The van der Waals surface area contributed by atoms with E-state index in [1.807, 2.05) is 68.6 Å². The molecule has 0 unspecified atom stereocenters. The summed E-state index contributed by atoms with van der Waals surface area (Å²) in [6.45, 7) is 2.01. The molecule has 1 N–H and O–H groups in total. The Hall–Kier alpha value is -2.39. The van der Waals surface area contributed by atoms with E-state index in [2.05, 4.69) is 10.3 Å². The number of nitrogens with one attached hydrogen (secondary N) is 1. The standard InChI is InChI=1S/C18H16ClN3/c1-12-16(14-9-6-10-15(19)11-14)21-18(22-17(12)20-2)13-7-4-3-5-8-13/h3-11H,1-2H3,(H,20,21,22). The highest BCUT2D eigenvalue weighted by atomic mass is 35.5. The molecule has 3 nitrogen and oxygen atoms in total. The van der Waals surface area contributed by atoms with Crippen LogP contribution in [0.4, 0.5) is 5.82 Å². The van der Waals surface area contributed by atoms with Gasteiger partial charge in [-0.25, -0.2) is 9.97 Å². The maximum Gasteiger partial charge on any atom is 0.162 e. The van der Waals surface area contributed by atoms with Gasteiger partial charge in [-0.2, -0.15) is 0 Å². The van der Waals surface area contributed by atoms with E-state index in [0.29, 0.717) is 10.8 Å². The average molecular weight is 310 g/mol. The summed E-state index contributed by atoms with van der Waals surface area (Å²) >= 11 is 6.12. The molecule has 0 bridgehead atoms. The van der Waals surface area contributed by atoms with Crippen molar-refractivity contribution < 1.29 is 0 Å². The van der Waals surface area contributed by atoms with Gasteiger partial charge in [0.2, 0.25) is 0 Å². The van der Waals surface area contributed by atoms with Crippen LogP contribution in [0, 0.1) is 6.92 Å². The Bertz CT molecular complexity index is 801. The van der Waals surface area contributed by atoms with Crippen LogP contribution in [0.15, 0.2) is 54.6 Å². The fourth-order valence-electron chi connectivity index (χ4n) is 2.39.